The van der Waals surface area contributed by atoms with E-state index >= 15 is 0 Å². The number of pyridine rings is 1. The van der Waals surface area contributed by atoms with Crippen LogP contribution in [0.1, 0.15) is 32.3 Å². The predicted molar refractivity (Wildman–Crippen MR) is 121 cm³/mol. The van der Waals surface area contributed by atoms with Crippen molar-refractivity contribution < 1.29 is 14.3 Å². The van der Waals surface area contributed by atoms with Crippen LogP contribution < -0.4 is 5.32 Å². The highest BCUT2D eigenvalue weighted by Crippen LogP contribution is 2.34. The van der Waals surface area contributed by atoms with E-state index < -0.39 is 17.6 Å². The van der Waals surface area contributed by atoms with Crippen molar-refractivity contribution in [2.75, 3.05) is 18.4 Å². The van der Waals surface area contributed by atoms with Gasteiger partial charge in [0, 0.05) is 30.6 Å². The van der Waals surface area contributed by atoms with Gasteiger partial charge in [-0.25, -0.2) is 9.78 Å². The minimum atomic E-state index is -0.591. The lowest BCUT2D eigenvalue weighted by Gasteiger charge is -2.24. The molecule has 6 heteroatoms. The molecule has 0 aliphatic carbocycles. The van der Waals surface area contributed by atoms with Crippen molar-refractivity contribution in [2.45, 2.75) is 32.3 Å². The second-order valence-electron chi connectivity index (χ2n) is 8.88. The van der Waals surface area contributed by atoms with Gasteiger partial charge in [0.05, 0.1) is 5.92 Å². The maximum atomic E-state index is 13.4. The molecule has 0 bridgehead atoms. The molecule has 0 radical (unpaired) electrons. The zero-order valence-corrected chi connectivity index (χ0v) is 18.0. The molecule has 0 spiro atoms. The van der Waals surface area contributed by atoms with Gasteiger partial charge in [-0.1, -0.05) is 54.6 Å². The summed E-state index contributed by atoms with van der Waals surface area (Å²) in [4.78, 5) is 32.1. The maximum Gasteiger partial charge on any atom is 0.410 e. The van der Waals surface area contributed by atoms with Crippen molar-refractivity contribution >= 4 is 28.6 Å². The lowest BCUT2D eigenvalue weighted by atomic mass is 9.88. The van der Waals surface area contributed by atoms with Crippen LogP contribution in [0.3, 0.4) is 0 Å². The van der Waals surface area contributed by atoms with Crippen molar-refractivity contribution in [1.82, 2.24) is 9.88 Å². The molecule has 31 heavy (non-hydrogen) atoms. The lowest BCUT2D eigenvalue weighted by molar-refractivity contribution is -0.119. The summed E-state index contributed by atoms with van der Waals surface area (Å²) < 4.78 is 5.55. The van der Waals surface area contributed by atoms with Gasteiger partial charge in [0.2, 0.25) is 5.91 Å². The van der Waals surface area contributed by atoms with E-state index in [4.69, 9.17) is 4.74 Å². The Bertz CT molecular complexity index is 1090. The van der Waals surface area contributed by atoms with Crippen LogP contribution in [0.25, 0.3) is 10.8 Å². The highest BCUT2D eigenvalue weighted by atomic mass is 16.6. The number of carbonyl (C=O) groups excluding carboxylic acids is 2. The minimum Gasteiger partial charge on any atom is -0.444 e. The summed E-state index contributed by atoms with van der Waals surface area (Å²) in [5.74, 6) is -0.145. The second kappa shape index (κ2) is 8.38. The average Bonchev–Trinajstić information content (AvgIpc) is 3.19. The second-order valence-corrected chi connectivity index (χ2v) is 8.88. The van der Waals surface area contributed by atoms with Crippen LogP contribution in [0.4, 0.5) is 10.6 Å². The van der Waals surface area contributed by atoms with Crippen LogP contribution in [-0.4, -0.2) is 40.6 Å². The first kappa shape index (κ1) is 20.8. The highest BCUT2D eigenvalue weighted by molar-refractivity contribution is 6.01. The Labute approximate surface area is 182 Å². The van der Waals surface area contributed by atoms with E-state index in [2.05, 4.69) is 10.3 Å². The predicted octanol–water partition coefficient (Wildman–Crippen LogP) is 4.82. The first-order valence-corrected chi connectivity index (χ1v) is 10.5. The van der Waals surface area contributed by atoms with Crippen LogP contribution in [0, 0.1) is 5.92 Å². The van der Waals surface area contributed by atoms with Gasteiger partial charge in [-0.05, 0) is 37.8 Å². The van der Waals surface area contributed by atoms with Crippen LogP contribution in [0.15, 0.2) is 66.9 Å². The van der Waals surface area contributed by atoms with Gasteiger partial charge in [-0.2, -0.15) is 0 Å². The summed E-state index contributed by atoms with van der Waals surface area (Å²) in [6.45, 7) is 6.25. The number of amides is 2. The molecule has 2 atom stereocenters. The molecule has 4 rings (SSSR count). The number of nitrogens with one attached hydrogen (secondary N) is 1. The molecular formula is C25H27N3O3. The molecule has 2 amide bonds. The molecule has 1 saturated heterocycles. The standard InChI is InChI=1S/C25H27N3O3/c1-25(2,3)31-24(30)28-15-20(17-9-5-4-6-10-17)21(16-28)23(29)27-22-19-12-8-7-11-18(19)13-14-26-22/h4-14,20-21H,15-16H2,1-3H3,(H,26,27,29)/t20-,21+/m0/s1. The van der Waals surface area contributed by atoms with Crippen molar-refractivity contribution in [3.63, 3.8) is 0 Å². The number of carbonyl (C=O) groups is 2. The summed E-state index contributed by atoms with van der Waals surface area (Å²) in [5, 5.41) is 4.90. The molecule has 1 aliphatic heterocycles. The molecule has 160 valence electrons. The molecule has 1 aliphatic rings. The summed E-state index contributed by atoms with van der Waals surface area (Å²) in [7, 11) is 0. The summed E-state index contributed by atoms with van der Waals surface area (Å²) in [6, 6.07) is 19.6. The van der Waals surface area contributed by atoms with Gasteiger partial charge in [0.1, 0.15) is 11.4 Å². The number of nitrogens with zero attached hydrogens (tertiary/aromatic N) is 2. The molecule has 6 nitrogen and oxygen atoms in total. The van der Waals surface area contributed by atoms with Gasteiger partial charge in [0.15, 0.2) is 0 Å². The molecule has 1 fully saturated rings. The van der Waals surface area contributed by atoms with E-state index in [-0.39, 0.29) is 11.8 Å². The number of hydrogen-bond donors (Lipinski definition) is 1. The third-order valence-corrected chi connectivity index (χ3v) is 5.45. The molecule has 3 aromatic rings. The van der Waals surface area contributed by atoms with Crippen LogP contribution in [0.5, 0.6) is 0 Å². The van der Waals surface area contributed by atoms with Gasteiger partial charge in [0.25, 0.3) is 0 Å². The number of hydrogen-bond acceptors (Lipinski definition) is 4. The fourth-order valence-electron chi connectivity index (χ4n) is 4.01. The van der Waals surface area contributed by atoms with Gasteiger partial charge >= 0.3 is 6.09 Å². The Morgan fingerprint density at radius 3 is 2.45 bits per heavy atom. The first-order chi connectivity index (χ1) is 14.8. The summed E-state index contributed by atoms with van der Waals surface area (Å²) in [5.41, 5.74) is 0.437. The van der Waals surface area contributed by atoms with E-state index in [9.17, 15) is 9.59 Å². The van der Waals surface area contributed by atoms with Gasteiger partial charge in [-0.15, -0.1) is 0 Å². The highest BCUT2D eigenvalue weighted by Gasteiger charge is 2.41. The monoisotopic (exact) mass is 417 g/mol. The third kappa shape index (κ3) is 4.68. The van der Waals surface area contributed by atoms with Crippen molar-refractivity contribution in [3.8, 4) is 0 Å². The Hall–Kier alpha value is -3.41. The SMILES string of the molecule is CC(C)(C)OC(=O)N1C[C@@H](C(=O)Nc2nccc3ccccc23)[C@H](c2ccccc2)C1. The number of benzene rings is 2. The number of rotatable bonds is 3. The van der Waals surface area contributed by atoms with Crippen molar-refractivity contribution in [3.05, 3.63) is 72.4 Å². The van der Waals surface area contributed by atoms with Crippen LogP contribution in [-0.2, 0) is 9.53 Å². The first-order valence-electron chi connectivity index (χ1n) is 10.5. The molecule has 0 saturated carbocycles. The number of fused-ring (bicyclic) bond motifs is 1. The lowest BCUT2D eigenvalue weighted by Crippen LogP contribution is -2.36. The topological polar surface area (TPSA) is 71.5 Å². The number of ether oxygens (including phenoxy) is 1. The quantitative estimate of drug-likeness (QED) is 0.663. The fourth-order valence-corrected chi connectivity index (χ4v) is 4.01. The Morgan fingerprint density at radius 1 is 1.00 bits per heavy atom. The molecule has 1 aromatic heterocycles. The van der Waals surface area contributed by atoms with E-state index in [1.165, 1.54) is 0 Å². The smallest absolute Gasteiger partial charge is 0.410 e. The normalized spacial score (nSPS) is 18.7. The summed E-state index contributed by atoms with van der Waals surface area (Å²) in [6.07, 6.45) is 1.29. The average molecular weight is 418 g/mol. The zero-order valence-electron chi connectivity index (χ0n) is 18.0. The van der Waals surface area contributed by atoms with E-state index in [0.29, 0.717) is 18.9 Å². The van der Waals surface area contributed by atoms with E-state index in [1.807, 2.05) is 81.4 Å². The molecule has 1 N–H and O–H groups in total. The van der Waals surface area contributed by atoms with Crippen molar-refractivity contribution in [1.29, 1.82) is 0 Å². The van der Waals surface area contributed by atoms with Gasteiger partial charge < -0.3 is 15.0 Å². The van der Waals surface area contributed by atoms with E-state index in [1.54, 1.807) is 11.1 Å². The fraction of sp³-hybridized carbons (Fsp3) is 0.320. The van der Waals surface area contributed by atoms with E-state index in [0.717, 1.165) is 16.3 Å². The summed E-state index contributed by atoms with van der Waals surface area (Å²) >= 11 is 0. The molecule has 2 heterocycles. The Kier molecular flexibility index (Phi) is 5.63. The zero-order chi connectivity index (χ0) is 22.0. The van der Waals surface area contributed by atoms with Crippen LogP contribution in [0.2, 0.25) is 0 Å². The van der Waals surface area contributed by atoms with Crippen LogP contribution >= 0.6 is 0 Å². The number of likely N-dealkylation sites (tertiary alicyclic amines) is 1. The number of aromatic nitrogens is 1. The molecular weight excluding hydrogens is 390 g/mol. The van der Waals surface area contributed by atoms with Crippen molar-refractivity contribution in [2.24, 2.45) is 5.92 Å². The number of anilines is 1. The minimum absolute atomic E-state index is 0.122. The molecule has 2 aromatic carbocycles. The maximum absolute atomic E-state index is 13.4. The third-order valence-electron chi connectivity index (χ3n) is 5.45. The largest absolute Gasteiger partial charge is 0.444 e. The molecule has 0 unspecified atom stereocenters. The Balaban J connectivity index is 1.60. The Morgan fingerprint density at radius 2 is 1.71 bits per heavy atom. The van der Waals surface area contributed by atoms with Gasteiger partial charge in [-0.3, -0.25) is 4.79 Å².